The largest absolute Gasteiger partial charge is 0.511 e. The van der Waals surface area contributed by atoms with Gasteiger partial charge in [0, 0.05) is 0 Å². The fraction of sp³-hybridized carbons (Fsp3) is 0.417. The van der Waals surface area contributed by atoms with Gasteiger partial charge in [0.25, 0.3) is 0 Å². The van der Waals surface area contributed by atoms with Crippen molar-refractivity contribution in [2.75, 3.05) is 6.61 Å². The number of benzene rings is 1. The Labute approximate surface area is 94.8 Å². The highest BCUT2D eigenvalue weighted by Gasteiger charge is 2.07. The van der Waals surface area contributed by atoms with Gasteiger partial charge in [-0.3, -0.25) is 0 Å². The summed E-state index contributed by atoms with van der Waals surface area (Å²) in [6.45, 7) is 4.47. The van der Waals surface area contributed by atoms with Gasteiger partial charge in [0.05, 0.1) is 12.7 Å². The first-order valence-electron chi connectivity index (χ1n) is 5.20. The van der Waals surface area contributed by atoms with Crippen molar-refractivity contribution in [2.24, 2.45) is 0 Å². The van der Waals surface area contributed by atoms with E-state index in [1.54, 1.807) is 12.1 Å². The Balaban J connectivity index is 2.60. The average Bonchev–Trinajstić information content (AvgIpc) is 2.19. The molecule has 16 heavy (non-hydrogen) atoms. The third-order valence-electron chi connectivity index (χ3n) is 1.99. The van der Waals surface area contributed by atoms with E-state index in [0.29, 0.717) is 18.8 Å². The maximum atomic E-state index is 10.4. The minimum Gasteiger partial charge on any atom is -0.449 e. The molecular formula is C12H16O4. The molecule has 0 aromatic heterocycles. The Morgan fingerprint density at radius 2 is 2.06 bits per heavy atom. The lowest BCUT2D eigenvalue weighted by Gasteiger charge is -2.10. The topological polar surface area (TPSA) is 55.8 Å². The molecule has 0 saturated heterocycles. The van der Waals surface area contributed by atoms with Gasteiger partial charge in [0.2, 0.25) is 0 Å². The fourth-order valence-corrected chi connectivity index (χ4v) is 1.31. The Kier molecular flexibility index (Phi) is 4.79. The quantitative estimate of drug-likeness (QED) is 0.617. The van der Waals surface area contributed by atoms with Crippen LogP contribution in [0.15, 0.2) is 24.3 Å². The maximum absolute atomic E-state index is 10.4. The molecule has 4 heteroatoms. The van der Waals surface area contributed by atoms with Crippen LogP contribution in [0.1, 0.15) is 19.4 Å². The van der Waals surface area contributed by atoms with Gasteiger partial charge in [-0.15, -0.1) is 0 Å². The highest BCUT2D eigenvalue weighted by molar-refractivity contribution is 5.62. The maximum Gasteiger partial charge on any atom is 0.511 e. The van der Waals surface area contributed by atoms with Crippen molar-refractivity contribution in [2.45, 2.75) is 26.4 Å². The summed E-state index contributed by atoms with van der Waals surface area (Å²) in [4.78, 5) is 10.4. The second kappa shape index (κ2) is 6.12. The number of rotatable bonds is 5. The molecule has 0 unspecified atom stereocenters. The molecule has 88 valence electrons. The van der Waals surface area contributed by atoms with Crippen LogP contribution in [0.3, 0.4) is 0 Å². The third kappa shape index (κ3) is 4.31. The lowest BCUT2D eigenvalue weighted by atomic mass is 10.1. The first-order valence-corrected chi connectivity index (χ1v) is 5.20. The van der Waals surface area contributed by atoms with Crippen LogP contribution in [0.5, 0.6) is 5.75 Å². The van der Waals surface area contributed by atoms with E-state index in [0.717, 1.165) is 5.56 Å². The van der Waals surface area contributed by atoms with Crippen LogP contribution in [0.4, 0.5) is 4.79 Å². The molecule has 0 heterocycles. The zero-order valence-corrected chi connectivity index (χ0v) is 9.47. The van der Waals surface area contributed by atoms with Crippen molar-refractivity contribution >= 4 is 6.16 Å². The number of hydrogen-bond donors (Lipinski definition) is 1. The van der Waals surface area contributed by atoms with Crippen molar-refractivity contribution in [1.29, 1.82) is 0 Å². The highest BCUT2D eigenvalue weighted by Crippen LogP contribution is 2.18. The van der Waals surface area contributed by atoms with Gasteiger partial charge in [-0.25, -0.2) is 4.79 Å². The molecule has 1 rings (SSSR count). The van der Waals surface area contributed by atoms with Crippen LogP contribution in [0.25, 0.3) is 0 Å². The van der Waals surface area contributed by atoms with Gasteiger partial charge in [-0.05, 0) is 31.9 Å². The first kappa shape index (κ1) is 12.5. The third-order valence-corrected chi connectivity index (χ3v) is 1.99. The van der Waals surface area contributed by atoms with Crippen LogP contribution >= 0.6 is 0 Å². The lowest BCUT2D eigenvalue weighted by Crippen LogP contribution is -2.09. The van der Waals surface area contributed by atoms with Crippen molar-refractivity contribution in [3.05, 3.63) is 29.8 Å². The predicted molar refractivity (Wildman–Crippen MR) is 59.9 cm³/mol. The van der Waals surface area contributed by atoms with Crippen LogP contribution in [-0.2, 0) is 11.2 Å². The van der Waals surface area contributed by atoms with Gasteiger partial charge >= 0.3 is 6.16 Å². The summed E-state index contributed by atoms with van der Waals surface area (Å²) in [6, 6.07) is 7.06. The highest BCUT2D eigenvalue weighted by atomic mass is 16.7. The molecule has 0 aliphatic heterocycles. The van der Waals surface area contributed by atoms with Crippen LogP contribution in [0.2, 0.25) is 0 Å². The Morgan fingerprint density at radius 1 is 1.38 bits per heavy atom. The van der Waals surface area contributed by atoms with Crippen LogP contribution in [-0.4, -0.2) is 24.0 Å². The second-order valence-corrected chi connectivity index (χ2v) is 3.65. The summed E-state index contributed by atoms with van der Waals surface area (Å²) in [5, 5.41) is 8.55. The Hall–Kier alpha value is -1.55. The molecule has 4 nitrogen and oxygen atoms in total. The van der Waals surface area contributed by atoms with E-state index in [-0.39, 0.29) is 6.10 Å². The first-order chi connectivity index (χ1) is 7.59. The second-order valence-electron chi connectivity index (χ2n) is 3.65. The molecule has 0 bridgehead atoms. The zero-order chi connectivity index (χ0) is 12.0. The number of hydrogen-bond acceptors (Lipinski definition) is 3. The summed E-state index contributed by atoms with van der Waals surface area (Å²) in [5.74, 6) is 0.377. The molecule has 0 aliphatic carbocycles. The van der Waals surface area contributed by atoms with Gasteiger partial charge in [-0.2, -0.15) is 0 Å². The molecule has 1 aromatic rings. The summed E-state index contributed by atoms with van der Waals surface area (Å²) in [7, 11) is 0. The molecule has 0 radical (unpaired) electrons. The lowest BCUT2D eigenvalue weighted by molar-refractivity contribution is 0.0808. The van der Waals surface area contributed by atoms with E-state index in [1.807, 2.05) is 26.0 Å². The summed E-state index contributed by atoms with van der Waals surface area (Å²) < 4.78 is 10.1. The van der Waals surface area contributed by atoms with E-state index >= 15 is 0 Å². The Bertz CT molecular complexity index is 347. The van der Waals surface area contributed by atoms with Gasteiger partial charge in [0.1, 0.15) is 5.75 Å². The van der Waals surface area contributed by atoms with E-state index in [2.05, 4.69) is 4.74 Å². The molecule has 0 saturated carbocycles. The number of para-hydroxylation sites is 1. The van der Waals surface area contributed by atoms with E-state index in [9.17, 15) is 4.79 Å². The molecule has 0 amide bonds. The van der Waals surface area contributed by atoms with Crippen LogP contribution < -0.4 is 4.74 Å². The molecular weight excluding hydrogens is 208 g/mol. The summed E-state index contributed by atoms with van der Waals surface area (Å²) in [6.07, 6.45) is -0.480. The SMILES string of the molecule is CC(C)OCCc1ccccc1OC(=O)O. The number of ether oxygens (including phenoxy) is 2. The summed E-state index contributed by atoms with van der Waals surface area (Å²) in [5.41, 5.74) is 0.838. The van der Waals surface area contributed by atoms with Gasteiger partial charge in [0.15, 0.2) is 0 Å². The molecule has 0 fully saturated rings. The average molecular weight is 224 g/mol. The van der Waals surface area contributed by atoms with E-state index < -0.39 is 6.16 Å². The number of carboxylic acid groups (broad SMARTS) is 1. The molecule has 1 N–H and O–H groups in total. The monoisotopic (exact) mass is 224 g/mol. The smallest absolute Gasteiger partial charge is 0.449 e. The van der Waals surface area contributed by atoms with Crippen LogP contribution in [0, 0.1) is 0 Å². The summed E-state index contributed by atoms with van der Waals surface area (Å²) >= 11 is 0. The zero-order valence-electron chi connectivity index (χ0n) is 9.47. The van der Waals surface area contributed by atoms with Crippen molar-refractivity contribution in [3.8, 4) is 5.75 Å². The predicted octanol–water partition coefficient (Wildman–Crippen LogP) is 2.71. The molecule has 0 aliphatic rings. The Morgan fingerprint density at radius 3 is 2.69 bits per heavy atom. The van der Waals surface area contributed by atoms with E-state index in [4.69, 9.17) is 9.84 Å². The molecule has 1 aromatic carbocycles. The van der Waals surface area contributed by atoms with E-state index in [1.165, 1.54) is 0 Å². The normalized spacial score (nSPS) is 10.4. The minimum atomic E-state index is -1.29. The van der Waals surface area contributed by atoms with Crippen molar-refractivity contribution in [1.82, 2.24) is 0 Å². The minimum absolute atomic E-state index is 0.174. The standard InChI is InChI=1S/C12H16O4/c1-9(2)15-8-7-10-5-3-4-6-11(10)16-12(13)14/h3-6,9H,7-8H2,1-2H3,(H,13,14). The van der Waals surface area contributed by atoms with Gasteiger partial charge < -0.3 is 14.6 Å². The molecule has 0 spiro atoms. The van der Waals surface area contributed by atoms with Crippen molar-refractivity contribution < 1.29 is 19.4 Å². The van der Waals surface area contributed by atoms with Crippen molar-refractivity contribution in [3.63, 3.8) is 0 Å². The number of carbonyl (C=O) groups is 1. The molecule has 0 atom stereocenters. The van der Waals surface area contributed by atoms with Gasteiger partial charge in [-0.1, -0.05) is 18.2 Å². The fourth-order valence-electron chi connectivity index (χ4n) is 1.31.